The van der Waals surface area contributed by atoms with Crippen molar-refractivity contribution in [3.8, 4) is 5.69 Å². The molecule has 0 saturated carbocycles. The number of hydrogen-bond donors (Lipinski definition) is 0. The number of benzene rings is 1. The molecule has 2 heterocycles. The van der Waals surface area contributed by atoms with Gasteiger partial charge in [-0.25, -0.2) is 4.98 Å². The normalized spacial score (nSPS) is 18.1. The quantitative estimate of drug-likeness (QED) is 0.855. The summed E-state index contributed by atoms with van der Waals surface area (Å²) in [5.41, 5.74) is 1.18. The predicted octanol–water partition coefficient (Wildman–Crippen LogP) is 3.85. The van der Waals surface area contributed by atoms with Crippen molar-refractivity contribution in [2.24, 2.45) is 0 Å². The van der Waals surface area contributed by atoms with Gasteiger partial charge >= 0.3 is 0 Å². The summed E-state index contributed by atoms with van der Waals surface area (Å²) in [5, 5.41) is 1.09. The summed E-state index contributed by atoms with van der Waals surface area (Å²) in [4.78, 5) is 4.57. The molecule has 1 atom stereocenters. The second kappa shape index (κ2) is 6.46. The van der Waals surface area contributed by atoms with Crippen molar-refractivity contribution in [3.63, 3.8) is 0 Å². The van der Waals surface area contributed by atoms with Gasteiger partial charge in [0, 0.05) is 36.5 Å². The molecular formula is C16H20N2OS. The van der Waals surface area contributed by atoms with E-state index in [2.05, 4.69) is 40.7 Å². The van der Waals surface area contributed by atoms with Gasteiger partial charge in [0.05, 0.1) is 5.25 Å². The number of aromatic nitrogens is 2. The lowest BCUT2D eigenvalue weighted by molar-refractivity contribution is 0.0999. The van der Waals surface area contributed by atoms with Crippen LogP contribution < -0.4 is 0 Å². The predicted molar refractivity (Wildman–Crippen MR) is 83.4 cm³/mol. The van der Waals surface area contributed by atoms with E-state index in [1.54, 1.807) is 0 Å². The van der Waals surface area contributed by atoms with E-state index in [9.17, 15) is 0 Å². The molecule has 3 rings (SSSR count). The first-order valence-electron chi connectivity index (χ1n) is 7.16. The summed E-state index contributed by atoms with van der Waals surface area (Å²) in [6, 6.07) is 10.4. The van der Waals surface area contributed by atoms with Crippen LogP contribution in [0.4, 0.5) is 0 Å². The standard InChI is InChI=1S/C16H20N2OS/c1-13(20-15-7-11-19-12-8-15)16-17-9-10-18(16)14-5-3-2-4-6-14/h2-6,9-10,13,15H,7-8,11-12H2,1H3. The highest BCUT2D eigenvalue weighted by molar-refractivity contribution is 8.00. The van der Waals surface area contributed by atoms with Crippen molar-refractivity contribution in [2.45, 2.75) is 30.3 Å². The van der Waals surface area contributed by atoms with Crippen LogP contribution in [0.5, 0.6) is 0 Å². The van der Waals surface area contributed by atoms with Gasteiger partial charge in [-0.15, -0.1) is 11.8 Å². The minimum absolute atomic E-state index is 0.397. The SMILES string of the molecule is CC(SC1CCOCC1)c1nccn1-c1ccccc1. The zero-order chi connectivity index (χ0) is 13.8. The van der Waals surface area contributed by atoms with Crippen LogP contribution in [0, 0.1) is 0 Å². The third-order valence-corrected chi connectivity index (χ3v) is 5.11. The third kappa shape index (κ3) is 3.07. The Morgan fingerprint density at radius 2 is 2.00 bits per heavy atom. The van der Waals surface area contributed by atoms with Crippen LogP contribution >= 0.6 is 11.8 Å². The van der Waals surface area contributed by atoms with Crippen LogP contribution in [0.15, 0.2) is 42.7 Å². The molecule has 0 N–H and O–H groups in total. The molecular weight excluding hydrogens is 268 g/mol. The molecule has 0 bridgehead atoms. The van der Waals surface area contributed by atoms with E-state index in [-0.39, 0.29) is 0 Å². The fraction of sp³-hybridized carbons (Fsp3) is 0.438. The fourth-order valence-electron chi connectivity index (χ4n) is 2.58. The highest BCUT2D eigenvalue weighted by Crippen LogP contribution is 2.35. The van der Waals surface area contributed by atoms with Crippen LogP contribution in [0.1, 0.15) is 30.8 Å². The van der Waals surface area contributed by atoms with E-state index < -0.39 is 0 Å². The maximum absolute atomic E-state index is 5.43. The lowest BCUT2D eigenvalue weighted by atomic mass is 10.2. The summed E-state index contributed by atoms with van der Waals surface area (Å²) < 4.78 is 7.62. The monoisotopic (exact) mass is 288 g/mol. The highest BCUT2D eigenvalue weighted by atomic mass is 32.2. The number of imidazole rings is 1. The molecule has 1 aromatic carbocycles. The van der Waals surface area contributed by atoms with Gasteiger partial charge in [-0.2, -0.15) is 0 Å². The van der Waals surface area contributed by atoms with E-state index in [4.69, 9.17) is 4.74 Å². The molecule has 4 heteroatoms. The first-order valence-corrected chi connectivity index (χ1v) is 8.11. The van der Waals surface area contributed by atoms with Gasteiger partial charge in [0.15, 0.2) is 0 Å². The highest BCUT2D eigenvalue weighted by Gasteiger charge is 2.21. The van der Waals surface area contributed by atoms with Crippen LogP contribution in [0.25, 0.3) is 5.69 Å². The third-order valence-electron chi connectivity index (χ3n) is 3.63. The van der Waals surface area contributed by atoms with Gasteiger partial charge in [-0.3, -0.25) is 0 Å². The number of para-hydroxylation sites is 1. The number of nitrogens with zero attached hydrogens (tertiary/aromatic N) is 2. The molecule has 1 aliphatic heterocycles. The molecule has 20 heavy (non-hydrogen) atoms. The lowest BCUT2D eigenvalue weighted by Crippen LogP contribution is -2.18. The van der Waals surface area contributed by atoms with Gasteiger partial charge in [0.25, 0.3) is 0 Å². The number of rotatable bonds is 4. The average molecular weight is 288 g/mol. The molecule has 1 unspecified atom stereocenters. The Balaban J connectivity index is 1.75. The van der Waals surface area contributed by atoms with E-state index in [1.807, 2.05) is 30.2 Å². The van der Waals surface area contributed by atoms with Crippen LogP contribution in [0.2, 0.25) is 0 Å². The Morgan fingerprint density at radius 3 is 2.75 bits per heavy atom. The Hall–Kier alpha value is -1.26. The molecule has 0 aliphatic carbocycles. The number of ether oxygens (including phenoxy) is 1. The molecule has 1 fully saturated rings. The Kier molecular flexibility index (Phi) is 4.43. The topological polar surface area (TPSA) is 27.1 Å². The van der Waals surface area contributed by atoms with Crippen molar-refractivity contribution in [1.82, 2.24) is 9.55 Å². The Bertz CT molecular complexity index is 534. The molecule has 3 nitrogen and oxygen atoms in total. The van der Waals surface area contributed by atoms with E-state index in [0.717, 1.165) is 31.9 Å². The first-order chi connectivity index (χ1) is 9.84. The van der Waals surface area contributed by atoms with Crippen molar-refractivity contribution in [3.05, 3.63) is 48.5 Å². The van der Waals surface area contributed by atoms with Crippen molar-refractivity contribution in [2.75, 3.05) is 13.2 Å². The minimum Gasteiger partial charge on any atom is -0.381 e. The molecule has 1 saturated heterocycles. The minimum atomic E-state index is 0.397. The van der Waals surface area contributed by atoms with Crippen molar-refractivity contribution in [1.29, 1.82) is 0 Å². The van der Waals surface area contributed by atoms with Gasteiger partial charge < -0.3 is 9.30 Å². The molecule has 1 aliphatic rings. The molecule has 0 spiro atoms. The zero-order valence-corrected chi connectivity index (χ0v) is 12.6. The smallest absolute Gasteiger partial charge is 0.126 e. The first kappa shape index (κ1) is 13.7. The average Bonchev–Trinajstić information content (AvgIpc) is 2.99. The zero-order valence-electron chi connectivity index (χ0n) is 11.7. The maximum atomic E-state index is 5.43. The largest absolute Gasteiger partial charge is 0.381 e. The van der Waals surface area contributed by atoms with E-state index in [1.165, 1.54) is 5.69 Å². The summed E-state index contributed by atoms with van der Waals surface area (Å²) in [7, 11) is 0. The lowest BCUT2D eigenvalue weighted by Gasteiger charge is -2.24. The summed E-state index contributed by atoms with van der Waals surface area (Å²) in [6.45, 7) is 4.05. The molecule has 1 aromatic heterocycles. The van der Waals surface area contributed by atoms with Gasteiger partial charge in [-0.1, -0.05) is 18.2 Å². The molecule has 106 valence electrons. The number of hydrogen-bond acceptors (Lipinski definition) is 3. The Morgan fingerprint density at radius 1 is 1.25 bits per heavy atom. The summed E-state index contributed by atoms with van der Waals surface area (Å²) >= 11 is 2.02. The van der Waals surface area contributed by atoms with E-state index >= 15 is 0 Å². The molecule has 0 radical (unpaired) electrons. The van der Waals surface area contributed by atoms with Crippen molar-refractivity contribution < 1.29 is 4.74 Å². The van der Waals surface area contributed by atoms with Crippen LogP contribution in [-0.4, -0.2) is 28.0 Å². The molecule has 0 amide bonds. The summed E-state index contributed by atoms with van der Waals surface area (Å²) in [5.74, 6) is 1.13. The second-order valence-electron chi connectivity index (χ2n) is 5.08. The Labute approximate surface area is 124 Å². The van der Waals surface area contributed by atoms with E-state index in [0.29, 0.717) is 10.5 Å². The van der Waals surface area contributed by atoms with Gasteiger partial charge in [-0.05, 0) is 31.9 Å². The van der Waals surface area contributed by atoms with Crippen molar-refractivity contribution >= 4 is 11.8 Å². The van der Waals surface area contributed by atoms with Gasteiger partial charge in [0.2, 0.25) is 0 Å². The summed E-state index contributed by atoms with van der Waals surface area (Å²) in [6.07, 6.45) is 6.25. The second-order valence-corrected chi connectivity index (χ2v) is 6.73. The number of thioether (sulfide) groups is 1. The van der Waals surface area contributed by atoms with Crippen LogP contribution in [0.3, 0.4) is 0 Å². The fourth-order valence-corrected chi connectivity index (χ4v) is 3.92. The maximum Gasteiger partial charge on any atom is 0.126 e. The van der Waals surface area contributed by atoms with Gasteiger partial charge in [0.1, 0.15) is 5.82 Å². The van der Waals surface area contributed by atoms with Crippen LogP contribution in [-0.2, 0) is 4.74 Å². The molecule has 2 aromatic rings.